The molecule has 0 fully saturated rings. The monoisotopic (exact) mass is 243 g/mol. The van der Waals surface area contributed by atoms with Crippen LogP contribution in [-0.2, 0) is 10.8 Å². The molecule has 0 radical (unpaired) electrons. The summed E-state index contributed by atoms with van der Waals surface area (Å²) >= 11 is 0. The molecule has 1 rings (SSSR count). The summed E-state index contributed by atoms with van der Waals surface area (Å²) in [6.45, 7) is 4.15. The van der Waals surface area contributed by atoms with E-state index >= 15 is 0 Å². The van der Waals surface area contributed by atoms with Crippen LogP contribution in [-0.4, -0.2) is 23.1 Å². The second kappa shape index (κ2) is 6.11. The largest absolute Gasteiger partial charge is 0.316 e. The minimum atomic E-state index is -1.15. The minimum absolute atomic E-state index is 0.184. The van der Waals surface area contributed by atoms with Gasteiger partial charge in [0.25, 0.3) is 0 Å². The summed E-state index contributed by atoms with van der Waals surface area (Å²) in [5.74, 6) is 0.580. The number of benzene rings is 1. The van der Waals surface area contributed by atoms with E-state index in [9.17, 15) is 8.60 Å². The highest BCUT2D eigenvalue weighted by molar-refractivity contribution is 7.85. The van der Waals surface area contributed by atoms with Gasteiger partial charge in [-0.2, -0.15) is 0 Å². The topological polar surface area (TPSA) is 29.1 Å². The number of hydrogen-bond donors (Lipinski definition) is 1. The normalized spacial score (nSPS) is 15.1. The van der Waals surface area contributed by atoms with Crippen LogP contribution in [0.25, 0.3) is 0 Å². The summed E-state index contributed by atoms with van der Waals surface area (Å²) in [5.41, 5.74) is 0. The third-order valence-electron chi connectivity index (χ3n) is 2.57. The molecule has 0 saturated carbocycles. The molecule has 2 unspecified atom stereocenters. The second-order valence-electron chi connectivity index (χ2n) is 4.11. The molecule has 0 bridgehead atoms. The van der Waals surface area contributed by atoms with Crippen molar-refractivity contribution in [1.29, 1.82) is 0 Å². The summed E-state index contributed by atoms with van der Waals surface area (Å²) < 4.78 is 24.9. The quantitative estimate of drug-likeness (QED) is 0.859. The lowest BCUT2D eigenvalue weighted by atomic mass is 10.1. The smallest absolute Gasteiger partial charge is 0.124 e. The molecule has 0 heterocycles. The average Bonchev–Trinajstić information content (AvgIpc) is 2.25. The van der Waals surface area contributed by atoms with Crippen molar-refractivity contribution in [3.63, 3.8) is 0 Å². The Labute approximate surface area is 98.7 Å². The Morgan fingerprint density at radius 3 is 2.62 bits per heavy atom. The van der Waals surface area contributed by atoms with E-state index in [1.807, 2.05) is 7.05 Å². The van der Waals surface area contributed by atoms with Gasteiger partial charge in [0.2, 0.25) is 0 Å². The molecule has 0 aliphatic rings. The van der Waals surface area contributed by atoms with E-state index in [0.717, 1.165) is 0 Å². The standard InChI is InChI=1S/C12H18FNOS/c1-9(2)12(14-3)8-16(15)11-6-4-5-10(13)7-11/h4-7,9,12,14H,8H2,1-3H3. The van der Waals surface area contributed by atoms with E-state index in [-0.39, 0.29) is 11.9 Å². The molecule has 0 aromatic heterocycles. The van der Waals surface area contributed by atoms with E-state index in [1.54, 1.807) is 12.1 Å². The lowest BCUT2D eigenvalue weighted by Gasteiger charge is -2.19. The van der Waals surface area contributed by atoms with Gasteiger partial charge in [0.1, 0.15) is 5.82 Å². The van der Waals surface area contributed by atoms with Gasteiger partial charge in [0.15, 0.2) is 0 Å². The Morgan fingerprint density at radius 2 is 2.12 bits per heavy atom. The highest BCUT2D eigenvalue weighted by Crippen LogP contribution is 2.12. The van der Waals surface area contributed by atoms with E-state index in [4.69, 9.17) is 0 Å². The van der Waals surface area contributed by atoms with Gasteiger partial charge in [-0.3, -0.25) is 4.21 Å². The van der Waals surface area contributed by atoms with Gasteiger partial charge in [0, 0.05) is 16.7 Å². The van der Waals surface area contributed by atoms with E-state index in [0.29, 0.717) is 16.6 Å². The maximum absolute atomic E-state index is 13.0. The third kappa shape index (κ3) is 3.68. The molecule has 0 spiro atoms. The summed E-state index contributed by atoms with van der Waals surface area (Å²) in [5, 5.41) is 3.13. The minimum Gasteiger partial charge on any atom is -0.316 e. The van der Waals surface area contributed by atoms with Gasteiger partial charge >= 0.3 is 0 Å². The maximum atomic E-state index is 13.0. The zero-order valence-corrected chi connectivity index (χ0v) is 10.7. The first-order chi connectivity index (χ1) is 7.54. The van der Waals surface area contributed by atoms with Crippen molar-refractivity contribution >= 4 is 10.8 Å². The van der Waals surface area contributed by atoms with Crippen LogP contribution in [0, 0.1) is 11.7 Å². The molecule has 0 amide bonds. The fourth-order valence-corrected chi connectivity index (χ4v) is 3.02. The van der Waals surface area contributed by atoms with Crippen LogP contribution in [0.1, 0.15) is 13.8 Å². The van der Waals surface area contributed by atoms with Crippen molar-refractivity contribution in [3.8, 4) is 0 Å². The van der Waals surface area contributed by atoms with Gasteiger partial charge < -0.3 is 5.32 Å². The van der Waals surface area contributed by atoms with Gasteiger partial charge in [-0.1, -0.05) is 19.9 Å². The fraction of sp³-hybridized carbons (Fsp3) is 0.500. The van der Waals surface area contributed by atoms with Crippen LogP contribution in [0.4, 0.5) is 4.39 Å². The van der Waals surface area contributed by atoms with Gasteiger partial charge in [-0.05, 0) is 31.2 Å². The Kier molecular flexibility index (Phi) is 5.09. The lowest BCUT2D eigenvalue weighted by molar-refractivity contribution is 0.461. The molecule has 4 heteroatoms. The van der Waals surface area contributed by atoms with Gasteiger partial charge in [0.05, 0.1) is 10.8 Å². The van der Waals surface area contributed by atoms with E-state index < -0.39 is 10.8 Å². The molecular formula is C12H18FNOS. The van der Waals surface area contributed by atoms with E-state index in [1.165, 1.54) is 12.1 Å². The van der Waals surface area contributed by atoms with Crippen LogP contribution >= 0.6 is 0 Å². The summed E-state index contributed by atoms with van der Waals surface area (Å²) in [6, 6.07) is 6.17. The van der Waals surface area contributed by atoms with Crippen LogP contribution in [0.15, 0.2) is 29.2 Å². The van der Waals surface area contributed by atoms with Gasteiger partial charge in [-0.15, -0.1) is 0 Å². The van der Waals surface area contributed by atoms with Crippen molar-refractivity contribution < 1.29 is 8.60 Å². The molecular weight excluding hydrogens is 225 g/mol. The third-order valence-corrected chi connectivity index (χ3v) is 4.01. The first-order valence-electron chi connectivity index (χ1n) is 5.35. The predicted molar refractivity (Wildman–Crippen MR) is 65.4 cm³/mol. The molecule has 2 atom stereocenters. The zero-order chi connectivity index (χ0) is 12.1. The van der Waals surface area contributed by atoms with Crippen LogP contribution < -0.4 is 5.32 Å². The summed E-state index contributed by atoms with van der Waals surface area (Å²) in [7, 11) is 0.708. The van der Waals surface area contributed by atoms with Crippen molar-refractivity contribution in [2.24, 2.45) is 5.92 Å². The maximum Gasteiger partial charge on any atom is 0.124 e. The van der Waals surface area contributed by atoms with Crippen molar-refractivity contribution in [2.45, 2.75) is 24.8 Å². The predicted octanol–water partition coefficient (Wildman–Crippen LogP) is 2.18. The van der Waals surface area contributed by atoms with Crippen LogP contribution in [0.5, 0.6) is 0 Å². The summed E-state index contributed by atoms with van der Waals surface area (Å²) in [6.07, 6.45) is 0. The van der Waals surface area contributed by atoms with Crippen LogP contribution in [0.3, 0.4) is 0 Å². The molecule has 0 aliphatic heterocycles. The van der Waals surface area contributed by atoms with Crippen molar-refractivity contribution in [1.82, 2.24) is 5.32 Å². The van der Waals surface area contributed by atoms with Gasteiger partial charge in [-0.25, -0.2) is 4.39 Å². The average molecular weight is 243 g/mol. The van der Waals surface area contributed by atoms with Crippen LogP contribution in [0.2, 0.25) is 0 Å². The highest BCUT2D eigenvalue weighted by atomic mass is 32.2. The summed E-state index contributed by atoms with van der Waals surface area (Å²) in [4.78, 5) is 0.556. The number of halogens is 1. The Bertz CT molecular complexity index is 368. The van der Waals surface area contributed by atoms with Crippen molar-refractivity contribution in [3.05, 3.63) is 30.1 Å². The van der Waals surface area contributed by atoms with Crippen molar-refractivity contribution in [2.75, 3.05) is 12.8 Å². The molecule has 2 nitrogen and oxygen atoms in total. The number of rotatable bonds is 5. The molecule has 1 aromatic rings. The first-order valence-corrected chi connectivity index (χ1v) is 6.67. The molecule has 0 saturated heterocycles. The molecule has 16 heavy (non-hydrogen) atoms. The Hall–Kier alpha value is -0.740. The second-order valence-corrected chi connectivity index (χ2v) is 5.60. The molecule has 1 N–H and O–H groups in total. The Morgan fingerprint density at radius 1 is 1.44 bits per heavy atom. The lowest BCUT2D eigenvalue weighted by Crippen LogP contribution is -2.35. The number of hydrogen-bond acceptors (Lipinski definition) is 2. The molecule has 90 valence electrons. The number of nitrogens with one attached hydrogen (secondary N) is 1. The SMILES string of the molecule is CNC(CS(=O)c1cccc(F)c1)C(C)C. The Balaban J connectivity index is 2.72. The molecule has 1 aromatic carbocycles. The van der Waals surface area contributed by atoms with E-state index in [2.05, 4.69) is 19.2 Å². The zero-order valence-electron chi connectivity index (χ0n) is 9.87. The fourth-order valence-electron chi connectivity index (χ4n) is 1.48. The molecule has 0 aliphatic carbocycles. The highest BCUT2D eigenvalue weighted by Gasteiger charge is 2.15. The first kappa shape index (κ1) is 13.3.